The molecule has 14 heavy (non-hydrogen) atoms. The number of ether oxygens (including phenoxy) is 2. The molecule has 2 heterocycles. The number of aliphatic hydroxyl groups is 2. The van der Waals surface area contributed by atoms with E-state index >= 15 is 0 Å². The SMILES string of the molecule is C[N+](C)(C)[C@H]1[C@@H]2OC[C@H](O)[C@H]2O[C@@H]1O. The molecule has 0 aromatic rings. The minimum atomic E-state index is -0.847. The van der Waals surface area contributed by atoms with Crippen LogP contribution in [0.5, 0.6) is 0 Å². The molecule has 2 aliphatic heterocycles. The van der Waals surface area contributed by atoms with Gasteiger partial charge in [-0.05, 0) is 0 Å². The van der Waals surface area contributed by atoms with Gasteiger partial charge in [-0.2, -0.15) is 0 Å². The zero-order valence-corrected chi connectivity index (χ0v) is 8.75. The maximum absolute atomic E-state index is 9.72. The maximum Gasteiger partial charge on any atom is 0.211 e. The molecular weight excluding hydrogens is 186 g/mol. The summed E-state index contributed by atoms with van der Waals surface area (Å²) in [7, 11) is 5.94. The van der Waals surface area contributed by atoms with Crippen molar-refractivity contribution < 1.29 is 24.2 Å². The van der Waals surface area contributed by atoms with Crippen LogP contribution >= 0.6 is 0 Å². The molecular formula is C9H18NO4+. The summed E-state index contributed by atoms with van der Waals surface area (Å²) in [5, 5.41) is 19.3. The van der Waals surface area contributed by atoms with Crippen molar-refractivity contribution in [2.45, 2.75) is 30.6 Å². The molecule has 5 heteroatoms. The molecule has 5 atom stereocenters. The predicted molar refractivity (Wildman–Crippen MR) is 48.4 cm³/mol. The fraction of sp³-hybridized carbons (Fsp3) is 1.00. The highest BCUT2D eigenvalue weighted by Gasteiger charge is 2.57. The largest absolute Gasteiger partial charge is 0.388 e. The first kappa shape index (κ1) is 10.3. The first-order valence-corrected chi connectivity index (χ1v) is 4.85. The predicted octanol–water partition coefficient (Wildman–Crippen LogP) is -1.46. The van der Waals surface area contributed by atoms with Crippen molar-refractivity contribution in [2.75, 3.05) is 27.7 Å². The van der Waals surface area contributed by atoms with Crippen LogP contribution in [0.15, 0.2) is 0 Å². The maximum atomic E-state index is 9.72. The van der Waals surface area contributed by atoms with Gasteiger partial charge in [-0.3, -0.25) is 0 Å². The van der Waals surface area contributed by atoms with E-state index in [1.54, 1.807) is 0 Å². The third-order valence-electron chi connectivity index (χ3n) is 2.98. The Morgan fingerprint density at radius 3 is 2.36 bits per heavy atom. The van der Waals surface area contributed by atoms with Gasteiger partial charge >= 0.3 is 0 Å². The molecule has 82 valence electrons. The van der Waals surface area contributed by atoms with Gasteiger partial charge in [0, 0.05) is 0 Å². The molecule has 0 spiro atoms. The molecule has 0 aromatic heterocycles. The van der Waals surface area contributed by atoms with Crippen molar-refractivity contribution in [3.8, 4) is 0 Å². The van der Waals surface area contributed by atoms with Gasteiger partial charge in [0.1, 0.15) is 18.3 Å². The molecule has 2 rings (SSSR count). The van der Waals surface area contributed by atoms with Crippen LogP contribution in [0.2, 0.25) is 0 Å². The zero-order chi connectivity index (χ0) is 10.5. The smallest absolute Gasteiger partial charge is 0.211 e. The van der Waals surface area contributed by atoms with Gasteiger partial charge in [0.05, 0.1) is 27.7 Å². The molecule has 0 bridgehead atoms. The second-order valence-corrected chi connectivity index (χ2v) is 4.96. The first-order valence-electron chi connectivity index (χ1n) is 4.85. The van der Waals surface area contributed by atoms with Crippen LogP contribution in [0.25, 0.3) is 0 Å². The Kier molecular flexibility index (Phi) is 2.32. The van der Waals surface area contributed by atoms with Crippen molar-refractivity contribution in [1.29, 1.82) is 0 Å². The summed E-state index contributed by atoms with van der Waals surface area (Å²) in [6.07, 6.45) is -2.02. The van der Waals surface area contributed by atoms with E-state index in [4.69, 9.17) is 9.47 Å². The lowest BCUT2D eigenvalue weighted by Gasteiger charge is -2.34. The average molecular weight is 204 g/mol. The summed E-state index contributed by atoms with van der Waals surface area (Å²) in [5.41, 5.74) is 0. The van der Waals surface area contributed by atoms with E-state index in [0.717, 1.165) is 0 Å². The molecule has 2 fully saturated rings. The Labute approximate surface area is 83.4 Å². The number of nitrogens with zero attached hydrogens (tertiary/aromatic N) is 1. The Morgan fingerprint density at radius 1 is 1.14 bits per heavy atom. The first-order chi connectivity index (χ1) is 6.41. The number of quaternary nitrogens is 1. The lowest BCUT2D eigenvalue weighted by Crippen LogP contribution is -2.55. The second-order valence-electron chi connectivity index (χ2n) is 4.96. The summed E-state index contributed by atoms with van der Waals surface area (Å²) < 4.78 is 11.3. The van der Waals surface area contributed by atoms with Gasteiger partial charge in [-0.25, -0.2) is 0 Å². The molecule has 0 amide bonds. The molecule has 0 aromatic carbocycles. The monoisotopic (exact) mass is 204 g/mol. The fourth-order valence-corrected chi connectivity index (χ4v) is 2.31. The highest BCUT2D eigenvalue weighted by atomic mass is 16.7. The quantitative estimate of drug-likeness (QED) is 0.512. The Bertz CT molecular complexity index is 227. The standard InChI is InChI=1S/C9H18NO4/c1-10(2,3)6-8-7(14-9(6)12)5(11)4-13-8/h5-9,11-12H,4H2,1-3H3/q+1/t5-,6-,7+,8-,9-/m0/s1. The third kappa shape index (κ3) is 1.45. The van der Waals surface area contributed by atoms with Crippen LogP contribution in [0.4, 0.5) is 0 Å². The molecule has 0 saturated carbocycles. The summed E-state index contributed by atoms with van der Waals surface area (Å²) in [6, 6.07) is -0.128. The Balaban J connectivity index is 2.19. The van der Waals surface area contributed by atoms with Gasteiger partial charge in [-0.15, -0.1) is 0 Å². The molecule has 2 saturated heterocycles. The minimum Gasteiger partial charge on any atom is -0.388 e. The highest BCUT2D eigenvalue weighted by molar-refractivity contribution is 4.96. The van der Waals surface area contributed by atoms with E-state index in [1.165, 1.54) is 0 Å². The van der Waals surface area contributed by atoms with Crippen LogP contribution in [-0.2, 0) is 9.47 Å². The van der Waals surface area contributed by atoms with Crippen molar-refractivity contribution in [3.63, 3.8) is 0 Å². The van der Waals surface area contributed by atoms with Crippen molar-refractivity contribution in [1.82, 2.24) is 0 Å². The summed E-state index contributed by atoms with van der Waals surface area (Å²) in [6.45, 7) is 0.304. The van der Waals surface area contributed by atoms with Crippen molar-refractivity contribution in [3.05, 3.63) is 0 Å². The molecule has 2 N–H and O–H groups in total. The number of rotatable bonds is 1. The average Bonchev–Trinajstić information content (AvgIpc) is 2.49. The van der Waals surface area contributed by atoms with E-state index in [1.807, 2.05) is 21.1 Å². The Hall–Kier alpha value is -0.200. The van der Waals surface area contributed by atoms with Crippen molar-refractivity contribution in [2.24, 2.45) is 0 Å². The number of likely N-dealkylation sites (N-methyl/N-ethyl adjacent to an activating group) is 1. The topological polar surface area (TPSA) is 58.9 Å². The lowest BCUT2D eigenvalue weighted by atomic mass is 10.1. The van der Waals surface area contributed by atoms with Gasteiger partial charge < -0.3 is 24.2 Å². The number of hydrogen-bond donors (Lipinski definition) is 2. The molecule has 0 radical (unpaired) electrons. The van der Waals surface area contributed by atoms with E-state index in [-0.39, 0.29) is 18.2 Å². The van der Waals surface area contributed by atoms with Crippen LogP contribution in [0.1, 0.15) is 0 Å². The second kappa shape index (κ2) is 3.15. The fourth-order valence-electron chi connectivity index (χ4n) is 2.31. The van der Waals surface area contributed by atoms with Crippen LogP contribution in [-0.4, -0.2) is 73.1 Å². The molecule has 5 nitrogen and oxygen atoms in total. The minimum absolute atomic E-state index is 0.128. The van der Waals surface area contributed by atoms with E-state index in [0.29, 0.717) is 11.1 Å². The van der Waals surface area contributed by atoms with Crippen molar-refractivity contribution >= 4 is 0 Å². The van der Waals surface area contributed by atoms with Gasteiger partial charge in [0.25, 0.3) is 0 Å². The van der Waals surface area contributed by atoms with E-state index in [9.17, 15) is 10.2 Å². The number of hydrogen-bond acceptors (Lipinski definition) is 4. The highest BCUT2D eigenvalue weighted by Crippen LogP contribution is 2.34. The summed E-state index contributed by atoms with van der Waals surface area (Å²) >= 11 is 0. The summed E-state index contributed by atoms with van der Waals surface area (Å²) in [4.78, 5) is 0. The third-order valence-corrected chi connectivity index (χ3v) is 2.98. The van der Waals surface area contributed by atoms with Gasteiger partial charge in [0.15, 0.2) is 6.04 Å². The number of fused-ring (bicyclic) bond motifs is 1. The van der Waals surface area contributed by atoms with Gasteiger partial charge in [-0.1, -0.05) is 0 Å². The van der Waals surface area contributed by atoms with Gasteiger partial charge in [0.2, 0.25) is 6.29 Å². The van der Waals surface area contributed by atoms with Crippen LogP contribution < -0.4 is 0 Å². The molecule has 0 aliphatic carbocycles. The van der Waals surface area contributed by atoms with Crippen LogP contribution in [0, 0.1) is 0 Å². The zero-order valence-electron chi connectivity index (χ0n) is 8.75. The molecule has 0 unspecified atom stereocenters. The Morgan fingerprint density at radius 2 is 1.79 bits per heavy atom. The van der Waals surface area contributed by atoms with E-state index in [2.05, 4.69) is 0 Å². The van der Waals surface area contributed by atoms with E-state index < -0.39 is 12.4 Å². The van der Waals surface area contributed by atoms with Crippen LogP contribution in [0.3, 0.4) is 0 Å². The summed E-state index contributed by atoms with van der Waals surface area (Å²) in [5.74, 6) is 0. The lowest BCUT2D eigenvalue weighted by molar-refractivity contribution is -0.903. The number of aliphatic hydroxyl groups excluding tert-OH is 2. The molecule has 2 aliphatic rings. The normalized spacial score (nSPS) is 48.2.